The van der Waals surface area contributed by atoms with Gasteiger partial charge in [-0.2, -0.15) is 0 Å². The van der Waals surface area contributed by atoms with Crippen LogP contribution in [0.3, 0.4) is 0 Å². The summed E-state index contributed by atoms with van der Waals surface area (Å²) in [6.07, 6.45) is 4.42. The van der Waals surface area contributed by atoms with Gasteiger partial charge in [-0.25, -0.2) is 0 Å². The van der Waals surface area contributed by atoms with Crippen LogP contribution in [0.1, 0.15) is 47.1 Å². The zero-order valence-electron chi connectivity index (χ0n) is 32.0. The number of hydrogen-bond donors (Lipinski definition) is 6. The van der Waals surface area contributed by atoms with Crippen LogP contribution in [0.15, 0.2) is 72.8 Å². The number of hydrogen-bond acceptors (Lipinski definition) is 8. The van der Waals surface area contributed by atoms with Gasteiger partial charge < -0.3 is 40.9 Å². The number of aliphatic carboxylic acids is 3. The Bertz CT molecular complexity index is 1810. The average molecular weight is 785 g/mol. The Morgan fingerprint density at radius 1 is 0.643 bits per heavy atom. The highest BCUT2D eigenvalue weighted by atomic mass is 32.1. The molecule has 6 atom stereocenters. The SMILES string of the molecule is O=C(O)C(Cc1cccc(CC(=S)N(CCOc2cccc(CC(C(=O)O)C3CCNC3)c2)Cc2cccc(CC(C(=O)O)C3CCNC3)c2)c1)C1CCNC1. The predicted molar refractivity (Wildman–Crippen MR) is 219 cm³/mol. The molecule has 6 unspecified atom stereocenters. The van der Waals surface area contributed by atoms with Crippen molar-refractivity contribution < 1.29 is 34.4 Å². The Morgan fingerprint density at radius 3 is 1.54 bits per heavy atom. The fourth-order valence-electron chi connectivity index (χ4n) is 8.75. The molecule has 56 heavy (non-hydrogen) atoms. The highest BCUT2D eigenvalue weighted by Gasteiger charge is 2.33. The van der Waals surface area contributed by atoms with Crippen LogP contribution in [0.5, 0.6) is 5.75 Å². The van der Waals surface area contributed by atoms with Crippen molar-refractivity contribution in [1.29, 1.82) is 0 Å². The molecular weight excluding hydrogens is 729 g/mol. The molecule has 0 bridgehead atoms. The van der Waals surface area contributed by atoms with Gasteiger partial charge in [-0.15, -0.1) is 0 Å². The maximum atomic E-state index is 12.3. The van der Waals surface area contributed by atoms with Gasteiger partial charge in [0.2, 0.25) is 0 Å². The number of carbonyl (C=O) groups is 3. The molecule has 11 nitrogen and oxygen atoms in total. The molecule has 3 aliphatic rings. The third kappa shape index (κ3) is 11.6. The Hall–Kier alpha value is -4.36. The predicted octanol–water partition coefficient (Wildman–Crippen LogP) is 4.70. The van der Waals surface area contributed by atoms with Crippen LogP contribution in [0.2, 0.25) is 0 Å². The van der Waals surface area contributed by atoms with Gasteiger partial charge in [-0.05, 0) is 135 Å². The molecule has 0 spiro atoms. The summed E-state index contributed by atoms with van der Waals surface area (Å²) < 4.78 is 6.28. The molecular formula is C44H56N4O7S. The van der Waals surface area contributed by atoms with Gasteiger partial charge in [0.1, 0.15) is 12.4 Å². The summed E-state index contributed by atoms with van der Waals surface area (Å²) >= 11 is 6.12. The minimum Gasteiger partial charge on any atom is -0.492 e. The second-order valence-electron chi connectivity index (χ2n) is 15.8. The normalized spacial score (nSPS) is 21.0. The lowest BCUT2D eigenvalue weighted by Crippen LogP contribution is -2.34. The van der Waals surface area contributed by atoms with Crippen molar-refractivity contribution in [2.24, 2.45) is 35.5 Å². The summed E-state index contributed by atoms with van der Waals surface area (Å²) in [5.74, 6) is -2.70. The number of thiocarbonyl (C=S) groups is 1. The lowest BCUT2D eigenvalue weighted by molar-refractivity contribution is -0.144. The first-order chi connectivity index (χ1) is 27.1. The molecule has 3 saturated heterocycles. The minimum atomic E-state index is -0.773. The number of carboxylic acid groups (broad SMARTS) is 3. The summed E-state index contributed by atoms with van der Waals surface area (Å²) in [5.41, 5.74) is 4.91. The van der Waals surface area contributed by atoms with Crippen molar-refractivity contribution in [3.05, 3.63) is 101 Å². The van der Waals surface area contributed by atoms with Crippen molar-refractivity contribution in [1.82, 2.24) is 20.9 Å². The molecule has 3 fully saturated rings. The van der Waals surface area contributed by atoms with Gasteiger partial charge in [0.15, 0.2) is 0 Å². The molecule has 12 heteroatoms. The third-order valence-corrected chi connectivity index (χ3v) is 12.3. The van der Waals surface area contributed by atoms with Crippen molar-refractivity contribution in [2.75, 3.05) is 52.4 Å². The van der Waals surface area contributed by atoms with E-state index in [0.29, 0.717) is 51.1 Å². The molecule has 0 amide bonds. The fraction of sp³-hybridized carbons (Fsp3) is 0.500. The number of nitrogens with one attached hydrogen (secondary N) is 3. The van der Waals surface area contributed by atoms with Gasteiger partial charge in [-0.3, -0.25) is 14.4 Å². The number of ether oxygens (including phenoxy) is 1. The van der Waals surface area contributed by atoms with Crippen LogP contribution in [-0.4, -0.2) is 95.5 Å². The third-order valence-electron chi connectivity index (χ3n) is 11.9. The van der Waals surface area contributed by atoms with Crippen LogP contribution in [0, 0.1) is 35.5 Å². The molecule has 0 aromatic heterocycles. The minimum absolute atomic E-state index is 0.0991. The highest BCUT2D eigenvalue weighted by molar-refractivity contribution is 7.80. The van der Waals surface area contributed by atoms with Crippen molar-refractivity contribution in [2.45, 2.75) is 51.5 Å². The standard InChI is InChI=1S/C44H56N4O7S/c49-42(50)38(34-10-13-45-25-34)21-29-4-1-6-31(18-29)24-41(56)48(28-33-8-2-5-30(19-33)22-39(43(51)52)35-11-14-46-26-35)16-17-55-37-9-3-7-32(20-37)23-40(44(53)54)36-12-15-47-27-36/h1-9,18-20,34-36,38-40,45-47H,10-17,21-28H2,(H,49,50)(H,51,52)(H,53,54). The zero-order valence-corrected chi connectivity index (χ0v) is 32.9. The van der Waals surface area contributed by atoms with E-state index in [1.54, 1.807) is 0 Å². The van der Waals surface area contributed by atoms with Gasteiger partial charge in [0.25, 0.3) is 0 Å². The van der Waals surface area contributed by atoms with Crippen LogP contribution in [0.25, 0.3) is 0 Å². The molecule has 300 valence electrons. The van der Waals surface area contributed by atoms with Crippen LogP contribution in [-0.2, 0) is 46.6 Å². The lowest BCUT2D eigenvalue weighted by atomic mass is 9.86. The fourth-order valence-corrected chi connectivity index (χ4v) is 9.07. The molecule has 3 aliphatic heterocycles. The number of nitrogens with zero attached hydrogens (tertiary/aromatic N) is 1. The van der Waals surface area contributed by atoms with E-state index in [9.17, 15) is 29.7 Å². The monoisotopic (exact) mass is 784 g/mol. The van der Waals surface area contributed by atoms with Crippen molar-refractivity contribution >= 4 is 35.1 Å². The highest BCUT2D eigenvalue weighted by Crippen LogP contribution is 2.28. The molecule has 0 saturated carbocycles. The van der Waals surface area contributed by atoms with E-state index in [1.807, 2.05) is 60.7 Å². The van der Waals surface area contributed by atoms with E-state index in [4.69, 9.17) is 17.0 Å². The molecule has 0 radical (unpaired) electrons. The first-order valence-electron chi connectivity index (χ1n) is 20.1. The van der Waals surface area contributed by atoms with Crippen LogP contribution in [0.4, 0.5) is 0 Å². The maximum absolute atomic E-state index is 12.3. The molecule has 0 aliphatic carbocycles. The Kier molecular flexibility index (Phi) is 14.9. The summed E-state index contributed by atoms with van der Waals surface area (Å²) in [6.45, 7) is 6.02. The van der Waals surface area contributed by atoms with Crippen LogP contribution < -0.4 is 20.7 Å². The van der Waals surface area contributed by atoms with E-state index in [2.05, 4.69) is 33.0 Å². The summed E-state index contributed by atoms with van der Waals surface area (Å²) in [4.78, 5) is 39.5. The van der Waals surface area contributed by atoms with E-state index >= 15 is 0 Å². The topological polar surface area (TPSA) is 160 Å². The summed E-state index contributed by atoms with van der Waals surface area (Å²) in [6, 6.07) is 23.8. The van der Waals surface area contributed by atoms with Crippen molar-refractivity contribution in [3.63, 3.8) is 0 Å². The van der Waals surface area contributed by atoms with Gasteiger partial charge >= 0.3 is 17.9 Å². The Morgan fingerprint density at radius 2 is 1.07 bits per heavy atom. The Labute approximate surface area is 335 Å². The molecule has 6 N–H and O–H groups in total. The van der Waals surface area contributed by atoms with Crippen LogP contribution >= 0.6 is 12.2 Å². The van der Waals surface area contributed by atoms with E-state index in [1.165, 1.54) is 0 Å². The smallest absolute Gasteiger partial charge is 0.307 e. The van der Waals surface area contributed by atoms with E-state index < -0.39 is 35.7 Å². The van der Waals surface area contributed by atoms with Gasteiger partial charge in [0, 0.05) is 13.0 Å². The molecule has 6 rings (SSSR count). The Balaban J connectivity index is 1.15. The molecule has 3 heterocycles. The van der Waals surface area contributed by atoms with E-state index in [0.717, 1.165) is 91.3 Å². The summed E-state index contributed by atoms with van der Waals surface area (Å²) in [7, 11) is 0. The second kappa shape index (κ2) is 20.2. The summed E-state index contributed by atoms with van der Waals surface area (Å²) in [5, 5.41) is 40.0. The molecule has 3 aromatic carbocycles. The first-order valence-corrected chi connectivity index (χ1v) is 20.5. The van der Waals surface area contributed by atoms with Gasteiger partial charge in [0.05, 0.1) is 29.3 Å². The average Bonchev–Trinajstić information content (AvgIpc) is 4.00. The maximum Gasteiger partial charge on any atom is 0.307 e. The number of benzene rings is 3. The second-order valence-corrected chi connectivity index (χ2v) is 16.3. The zero-order chi connectivity index (χ0) is 39.4. The largest absolute Gasteiger partial charge is 0.492 e. The number of rotatable bonds is 20. The van der Waals surface area contributed by atoms with Crippen molar-refractivity contribution in [3.8, 4) is 5.75 Å². The van der Waals surface area contributed by atoms with E-state index in [-0.39, 0.29) is 17.8 Å². The lowest BCUT2D eigenvalue weighted by Gasteiger charge is -2.26. The van der Waals surface area contributed by atoms with Gasteiger partial charge in [-0.1, -0.05) is 72.9 Å². The quantitative estimate of drug-likeness (QED) is 0.0879. The molecule has 3 aromatic rings. The number of carboxylic acids is 3. The first kappa shape index (κ1) is 41.3.